The zero-order chi connectivity index (χ0) is 18.8. The van der Waals surface area contributed by atoms with Gasteiger partial charge in [0.25, 0.3) is 0 Å². The van der Waals surface area contributed by atoms with Gasteiger partial charge in [-0.15, -0.1) is 0 Å². The lowest BCUT2D eigenvalue weighted by atomic mass is 9.93. The molecule has 2 fully saturated rings. The third kappa shape index (κ3) is 3.63. The molecule has 0 saturated carbocycles. The van der Waals surface area contributed by atoms with E-state index in [0.29, 0.717) is 24.5 Å². The Morgan fingerprint density at radius 1 is 1.33 bits per heavy atom. The van der Waals surface area contributed by atoms with Crippen molar-refractivity contribution in [3.05, 3.63) is 47.6 Å². The molecular weight excluding hydrogens is 340 g/mol. The van der Waals surface area contributed by atoms with E-state index in [2.05, 4.69) is 46.2 Å². The molecule has 6 nitrogen and oxygen atoms in total. The molecule has 1 aromatic heterocycles. The number of benzene rings is 1. The topological polar surface area (TPSA) is 62.5 Å². The first-order chi connectivity index (χ1) is 13.2. The van der Waals surface area contributed by atoms with Crippen LogP contribution in [0.15, 0.2) is 34.9 Å². The number of aromatic nitrogens is 2. The maximum absolute atomic E-state index is 13.2. The monoisotopic (exact) mass is 368 g/mol. The Labute approximate surface area is 160 Å². The minimum Gasteiger partial charge on any atom is -0.337 e. The van der Waals surface area contributed by atoms with Gasteiger partial charge in [-0.3, -0.25) is 9.69 Å². The Kier molecular flexibility index (Phi) is 5.25. The van der Waals surface area contributed by atoms with Crippen molar-refractivity contribution in [2.24, 2.45) is 5.92 Å². The third-order valence-corrected chi connectivity index (χ3v) is 5.92. The highest BCUT2D eigenvalue weighted by Gasteiger charge is 2.47. The first-order valence-corrected chi connectivity index (χ1v) is 10.0. The van der Waals surface area contributed by atoms with Crippen molar-refractivity contribution in [3.8, 4) is 0 Å². The van der Waals surface area contributed by atoms with Gasteiger partial charge >= 0.3 is 0 Å². The molecule has 2 aliphatic heterocycles. The molecule has 2 aromatic rings. The van der Waals surface area contributed by atoms with Crippen molar-refractivity contribution >= 4 is 5.91 Å². The second kappa shape index (κ2) is 7.80. The maximum Gasteiger partial charge on any atom is 0.246 e. The van der Waals surface area contributed by atoms with Crippen LogP contribution >= 0.6 is 0 Å². The van der Waals surface area contributed by atoms with Crippen LogP contribution < -0.4 is 0 Å². The lowest BCUT2D eigenvalue weighted by molar-refractivity contribution is -0.135. The number of hydrogen-bond acceptors (Lipinski definition) is 5. The SMILES string of the molecule is CCCc1noc(CN(C)C(=O)[C@@H]2C[C@H](c3ccccc3)N3CCC[C@@H]23)n1. The third-order valence-electron chi connectivity index (χ3n) is 5.92. The molecule has 0 unspecified atom stereocenters. The van der Waals surface area contributed by atoms with E-state index in [0.717, 1.165) is 38.1 Å². The van der Waals surface area contributed by atoms with Gasteiger partial charge in [-0.2, -0.15) is 4.98 Å². The number of hydrogen-bond donors (Lipinski definition) is 0. The Bertz CT molecular complexity index is 775. The number of aryl methyl sites for hydroxylation is 1. The second-order valence-electron chi connectivity index (χ2n) is 7.76. The fourth-order valence-corrected chi connectivity index (χ4v) is 4.68. The van der Waals surface area contributed by atoms with Crippen LogP contribution in [0.3, 0.4) is 0 Å². The number of carbonyl (C=O) groups excluding carboxylic acids is 1. The summed E-state index contributed by atoms with van der Waals surface area (Å²) in [7, 11) is 1.85. The normalized spacial score (nSPS) is 24.9. The summed E-state index contributed by atoms with van der Waals surface area (Å²) in [6, 6.07) is 11.3. The Balaban J connectivity index is 1.46. The van der Waals surface area contributed by atoms with E-state index in [1.54, 1.807) is 4.90 Å². The van der Waals surface area contributed by atoms with Gasteiger partial charge in [0, 0.05) is 25.6 Å². The standard InChI is InChI=1S/C21H28N4O2/c1-3-8-19-22-20(27-23-19)14-24(2)21(26)16-13-18(15-9-5-4-6-10-15)25-12-7-11-17(16)25/h4-6,9-10,16-18H,3,7-8,11-14H2,1-2H3/t16-,17+,18-/m1/s1. The van der Waals surface area contributed by atoms with Gasteiger partial charge in [0.2, 0.25) is 11.8 Å². The highest BCUT2D eigenvalue weighted by molar-refractivity contribution is 5.80. The lowest BCUT2D eigenvalue weighted by Crippen LogP contribution is -2.38. The van der Waals surface area contributed by atoms with Crippen molar-refractivity contribution in [1.82, 2.24) is 19.9 Å². The fraction of sp³-hybridized carbons (Fsp3) is 0.571. The predicted octanol–water partition coefficient (Wildman–Crippen LogP) is 3.21. The molecule has 4 rings (SSSR count). The van der Waals surface area contributed by atoms with E-state index in [1.165, 1.54) is 12.0 Å². The molecule has 3 heterocycles. The lowest BCUT2D eigenvalue weighted by Gasteiger charge is -2.25. The molecule has 0 spiro atoms. The van der Waals surface area contributed by atoms with Crippen molar-refractivity contribution in [2.75, 3.05) is 13.6 Å². The first kappa shape index (κ1) is 18.2. The number of nitrogens with zero attached hydrogens (tertiary/aromatic N) is 4. The van der Waals surface area contributed by atoms with E-state index in [9.17, 15) is 4.79 Å². The molecule has 6 heteroatoms. The molecule has 0 bridgehead atoms. The first-order valence-electron chi connectivity index (χ1n) is 10.0. The van der Waals surface area contributed by atoms with Crippen molar-refractivity contribution in [1.29, 1.82) is 0 Å². The summed E-state index contributed by atoms with van der Waals surface area (Å²) in [5, 5.41) is 3.99. The van der Waals surface area contributed by atoms with E-state index in [1.807, 2.05) is 13.1 Å². The molecule has 3 atom stereocenters. The molecule has 144 valence electrons. The summed E-state index contributed by atoms with van der Waals surface area (Å²) < 4.78 is 5.31. The highest BCUT2D eigenvalue weighted by Crippen LogP contribution is 2.45. The van der Waals surface area contributed by atoms with Crippen LogP contribution in [0.4, 0.5) is 0 Å². The van der Waals surface area contributed by atoms with Crippen molar-refractivity contribution in [2.45, 2.75) is 57.7 Å². The number of fused-ring (bicyclic) bond motifs is 1. The van der Waals surface area contributed by atoms with Crippen LogP contribution in [0.5, 0.6) is 0 Å². The Morgan fingerprint density at radius 2 is 2.15 bits per heavy atom. The van der Waals surface area contributed by atoms with Crippen molar-refractivity contribution < 1.29 is 9.32 Å². The van der Waals surface area contributed by atoms with Gasteiger partial charge in [-0.05, 0) is 37.8 Å². The molecular formula is C21H28N4O2. The van der Waals surface area contributed by atoms with Gasteiger partial charge < -0.3 is 9.42 Å². The smallest absolute Gasteiger partial charge is 0.246 e. The minimum atomic E-state index is 0.0424. The Hall–Kier alpha value is -2.21. The van der Waals surface area contributed by atoms with Crippen LogP contribution in [0.1, 0.15) is 55.9 Å². The molecule has 2 saturated heterocycles. The van der Waals surface area contributed by atoms with Gasteiger partial charge in [0.15, 0.2) is 5.82 Å². The summed E-state index contributed by atoms with van der Waals surface area (Å²) in [5.74, 6) is 1.48. The quantitative estimate of drug-likeness (QED) is 0.783. The average Bonchev–Trinajstić information content (AvgIpc) is 3.39. The summed E-state index contributed by atoms with van der Waals surface area (Å²) in [6.07, 6.45) is 4.96. The van der Waals surface area contributed by atoms with Gasteiger partial charge in [-0.25, -0.2) is 0 Å². The van der Waals surface area contributed by atoms with Gasteiger partial charge in [0.05, 0.1) is 12.5 Å². The van der Waals surface area contributed by atoms with Crippen LogP contribution in [0, 0.1) is 5.92 Å². The van der Waals surface area contributed by atoms with Gasteiger partial charge in [-0.1, -0.05) is 42.4 Å². The molecule has 2 aliphatic rings. The largest absolute Gasteiger partial charge is 0.337 e. The second-order valence-corrected chi connectivity index (χ2v) is 7.76. The number of carbonyl (C=O) groups is 1. The maximum atomic E-state index is 13.2. The highest BCUT2D eigenvalue weighted by atomic mass is 16.5. The summed E-state index contributed by atoms with van der Waals surface area (Å²) in [5.41, 5.74) is 1.32. The Morgan fingerprint density at radius 3 is 2.93 bits per heavy atom. The van der Waals surface area contributed by atoms with E-state index in [-0.39, 0.29) is 11.8 Å². The van der Waals surface area contributed by atoms with Crippen LogP contribution in [0.25, 0.3) is 0 Å². The molecule has 0 radical (unpaired) electrons. The van der Waals surface area contributed by atoms with Gasteiger partial charge in [0.1, 0.15) is 0 Å². The summed E-state index contributed by atoms with van der Waals surface area (Å²) >= 11 is 0. The zero-order valence-electron chi connectivity index (χ0n) is 16.2. The molecule has 27 heavy (non-hydrogen) atoms. The van der Waals surface area contributed by atoms with E-state index in [4.69, 9.17) is 4.52 Å². The molecule has 1 amide bonds. The van der Waals surface area contributed by atoms with Crippen LogP contribution in [-0.4, -0.2) is 45.5 Å². The number of rotatable bonds is 6. The van der Waals surface area contributed by atoms with Crippen molar-refractivity contribution in [3.63, 3.8) is 0 Å². The van der Waals surface area contributed by atoms with E-state index >= 15 is 0 Å². The number of amides is 1. The molecule has 1 aromatic carbocycles. The van der Waals surface area contributed by atoms with Crippen LogP contribution in [-0.2, 0) is 17.8 Å². The summed E-state index contributed by atoms with van der Waals surface area (Å²) in [4.78, 5) is 21.9. The van der Waals surface area contributed by atoms with Crippen LogP contribution in [0.2, 0.25) is 0 Å². The zero-order valence-corrected chi connectivity index (χ0v) is 16.2. The molecule has 0 aliphatic carbocycles. The van der Waals surface area contributed by atoms with E-state index < -0.39 is 0 Å². The fourth-order valence-electron chi connectivity index (χ4n) is 4.68. The minimum absolute atomic E-state index is 0.0424. The average molecular weight is 368 g/mol. The predicted molar refractivity (Wildman–Crippen MR) is 102 cm³/mol. The summed E-state index contributed by atoms with van der Waals surface area (Å²) in [6.45, 7) is 3.55. The molecule has 0 N–H and O–H groups in total.